The Morgan fingerprint density at radius 2 is 1.90 bits per heavy atom. The number of aromatic nitrogens is 2. The van der Waals surface area contributed by atoms with Gasteiger partial charge in [0.15, 0.2) is 11.5 Å². The lowest BCUT2D eigenvalue weighted by molar-refractivity contribution is -0.390. The van der Waals surface area contributed by atoms with Crippen LogP contribution in [0.15, 0.2) is 53.1 Å². The Hall–Kier alpha value is -2.91. The van der Waals surface area contributed by atoms with Crippen molar-refractivity contribution in [3.63, 3.8) is 0 Å². The van der Waals surface area contributed by atoms with Crippen molar-refractivity contribution in [3.8, 4) is 11.5 Å². The molecule has 30 heavy (non-hydrogen) atoms. The van der Waals surface area contributed by atoms with Crippen molar-refractivity contribution in [2.45, 2.75) is 19.1 Å². The summed E-state index contributed by atoms with van der Waals surface area (Å²) in [6, 6.07) is 14.2. The van der Waals surface area contributed by atoms with Crippen molar-refractivity contribution >= 4 is 21.7 Å². The SMILES string of the molecule is COc1cc2c(cc1OC)C(c1ccccc1)N(Cn1cc(Br)c([N+](=O)[O-])n1)CC2. The average Bonchev–Trinajstić information content (AvgIpc) is 3.13. The molecule has 0 amide bonds. The van der Waals surface area contributed by atoms with E-state index in [1.165, 1.54) is 5.56 Å². The zero-order chi connectivity index (χ0) is 21.3. The highest BCUT2D eigenvalue weighted by atomic mass is 79.9. The monoisotopic (exact) mass is 472 g/mol. The minimum Gasteiger partial charge on any atom is -0.493 e. The number of nitro groups is 1. The fourth-order valence-electron chi connectivity index (χ4n) is 3.94. The van der Waals surface area contributed by atoms with Gasteiger partial charge in [0.25, 0.3) is 0 Å². The van der Waals surface area contributed by atoms with E-state index in [-0.39, 0.29) is 11.9 Å². The van der Waals surface area contributed by atoms with Crippen LogP contribution in [0.25, 0.3) is 0 Å². The maximum Gasteiger partial charge on any atom is 0.404 e. The van der Waals surface area contributed by atoms with Gasteiger partial charge in [-0.3, -0.25) is 4.90 Å². The summed E-state index contributed by atoms with van der Waals surface area (Å²) in [7, 11) is 3.26. The lowest BCUT2D eigenvalue weighted by Gasteiger charge is -2.37. The largest absolute Gasteiger partial charge is 0.493 e. The smallest absolute Gasteiger partial charge is 0.404 e. The highest BCUT2D eigenvalue weighted by molar-refractivity contribution is 9.10. The van der Waals surface area contributed by atoms with E-state index >= 15 is 0 Å². The molecule has 8 nitrogen and oxygen atoms in total. The molecule has 0 N–H and O–H groups in total. The quantitative estimate of drug-likeness (QED) is 0.395. The van der Waals surface area contributed by atoms with Crippen LogP contribution in [0.1, 0.15) is 22.7 Å². The third-order valence-corrected chi connectivity index (χ3v) is 5.85. The summed E-state index contributed by atoms with van der Waals surface area (Å²) in [4.78, 5) is 12.9. The molecule has 0 aliphatic carbocycles. The summed E-state index contributed by atoms with van der Waals surface area (Å²) in [5.74, 6) is 1.20. The first kappa shape index (κ1) is 20.4. The van der Waals surface area contributed by atoms with Gasteiger partial charge in [-0.05, 0) is 56.1 Å². The van der Waals surface area contributed by atoms with Crippen molar-refractivity contribution in [2.75, 3.05) is 20.8 Å². The Labute approximate surface area is 182 Å². The Morgan fingerprint density at radius 1 is 1.20 bits per heavy atom. The molecule has 0 radical (unpaired) electrons. The molecule has 156 valence electrons. The van der Waals surface area contributed by atoms with Crippen LogP contribution in [-0.2, 0) is 13.1 Å². The summed E-state index contributed by atoms with van der Waals surface area (Å²) in [5.41, 5.74) is 3.46. The van der Waals surface area contributed by atoms with Crippen LogP contribution >= 0.6 is 15.9 Å². The molecular weight excluding hydrogens is 452 g/mol. The minimum atomic E-state index is -0.488. The van der Waals surface area contributed by atoms with E-state index in [9.17, 15) is 10.1 Å². The molecule has 1 aliphatic rings. The van der Waals surface area contributed by atoms with E-state index in [0.29, 0.717) is 22.6 Å². The van der Waals surface area contributed by atoms with Crippen LogP contribution < -0.4 is 9.47 Å². The van der Waals surface area contributed by atoms with E-state index in [4.69, 9.17) is 9.47 Å². The number of benzene rings is 2. The fraction of sp³-hybridized carbons (Fsp3) is 0.286. The van der Waals surface area contributed by atoms with E-state index in [1.807, 2.05) is 30.3 Å². The zero-order valence-corrected chi connectivity index (χ0v) is 18.2. The number of rotatable bonds is 6. The summed E-state index contributed by atoms with van der Waals surface area (Å²) in [6.07, 6.45) is 2.47. The molecule has 0 fully saturated rings. The third kappa shape index (κ3) is 3.78. The zero-order valence-electron chi connectivity index (χ0n) is 16.6. The van der Waals surface area contributed by atoms with Gasteiger partial charge < -0.3 is 19.6 Å². The third-order valence-electron chi connectivity index (χ3n) is 5.29. The summed E-state index contributed by atoms with van der Waals surface area (Å²) in [6.45, 7) is 1.19. The number of hydrogen-bond acceptors (Lipinski definition) is 6. The Balaban J connectivity index is 1.76. The molecule has 1 unspecified atom stereocenters. The number of methoxy groups -OCH3 is 2. The van der Waals surface area contributed by atoms with Gasteiger partial charge in [0.2, 0.25) is 0 Å². The summed E-state index contributed by atoms with van der Waals surface area (Å²) < 4.78 is 13.0. The second-order valence-corrected chi connectivity index (χ2v) is 7.87. The number of ether oxygens (including phenoxy) is 2. The normalized spacial score (nSPS) is 16.2. The van der Waals surface area contributed by atoms with E-state index in [2.05, 4.69) is 38.1 Å². The van der Waals surface area contributed by atoms with Crippen LogP contribution in [0.5, 0.6) is 11.5 Å². The first-order valence-corrected chi connectivity index (χ1v) is 10.2. The molecule has 2 heterocycles. The number of hydrogen-bond donors (Lipinski definition) is 0. The van der Waals surface area contributed by atoms with Gasteiger partial charge in [-0.2, -0.15) is 4.68 Å². The molecule has 1 atom stereocenters. The Kier molecular flexibility index (Phi) is 5.74. The van der Waals surface area contributed by atoms with E-state index < -0.39 is 4.92 Å². The second kappa shape index (κ2) is 8.45. The molecular formula is C21H21BrN4O4. The molecule has 0 saturated heterocycles. The molecule has 2 aromatic carbocycles. The molecule has 1 aromatic heterocycles. The highest BCUT2D eigenvalue weighted by Crippen LogP contribution is 2.41. The van der Waals surface area contributed by atoms with Gasteiger partial charge in [0.1, 0.15) is 11.1 Å². The van der Waals surface area contributed by atoms with Gasteiger partial charge in [0.05, 0.1) is 31.6 Å². The molecule has 0 spiro atoms. The topological polar surface area (TPSA) is 82.7 Å². The van der Waals surface area contributed by atoms with Crippen molar-refractivity contribution < 1.29 is 14.4 Å². The van der Waals surface area contributed by atoms with E-state index in [1.54, 1.807) is 25.1 Å². The maximum atomic E-state index is 11.2. The predicted molar refractivity (Wildman–Crippen MR) is 115 cm³/mol. The van der Waals surface area contributed by atoms with Gasteiger partial charge in [-0.25, -0.2) is 0 Å². The number of halogens is 1. The average molecular weight is 473 g/mol. The number of fused-ring (bicyclic) bond motifs is 1. The van der Waals surface area contributed by atoms with Gasteiger partial charge in [0, 0.05) is 6.54 Å². The van der Waals surface area contributed by atoms with Crippen LogP contribution in [0.3, 0.4) is 0 Å². The van der Waals surface area contributed by atoms with Crippen LogP contribution in [0.2, 0.25) is 0 Å². The van der Waals surface area contributed by atoms with E-state index in [0.717, 1.165) is 24.1 Å². The van der Waals surface area contributed by atoms with Crippen molar-refractivity contribution in [3.05, 3.63) is 79.9 Å². The highest BCUT2D eigenvalue weighted by Gasteiger charge is 2.32. The molecule has 1 aliphatic heterocycles. The Morgan fingerprint density at radius 3 is 2.53 bits per heavy atom. The first-order chi connectivity index (χ1) is 14.5. The second-order valence-electron chi connectivity index (χ2n) is 7.02. The molecule has 3 aromatic rings. The van der Waals surface area contributed by atoms with Crippen LogP contribution in [0, 0.1) is 10.1 Å². The summed E-state index contributed by atoms with van der Waals surface area (Å²) in [5, 5.41) is 15.3. The van der Waals surface area contributed by atoms with Gasteiger partial charge in [-0.15, -0.1) is 0 Å². The van der Waals surface area contributed by atoms with Crippen molar-refractivity contribution in [1.29, 1.82) is 0 Å². The van der Waals surface area contributed by atoms with Crippen LogP contribution in [0.4, 0.5) is 5.82 Å². The lowest BCUT2D eigenvalue weighted by atomic mass is 9.88. The van der Waals surface area contributed by atoms with Crippen molar-refractivity contribution in [1.82, 2.24) is 14.7 Å². The van der Waals surface area contributed by atoms with Crippen LogP contribution in [-0.4, -0.2) is 40.4 Å². The minimum absolute atomic E-state index is 0.0446. The standard InChI is InChI=1S/C21H21BrN4O4/c1-29-18-10-15-8-9-24(13-25-12-17(22)21(23-25)26(27)28)20(14-6-4-3-5-7-14)16(15)11-19(18)30-2/h3-7,10-12,20H,8-9,13H2,1-2H3. The maximum absolute atomic E-state index is 11.2. The predicted octanol–water partition coefficient (Wildman–Crippen LogP) is 4.18. The first-order valence-electron chi connectivity index (χ1n) is 9.43. The molecule has 0 saturated carbocycles. The van der Waals surface area contributed by atoms with Crippen molar-refractivity contribution in [2.24, 2.45) is 0 Å². The molecule has 9 heteroatoms. The van der Waals surface area contributed by atoms with Gasteiger partial charge >= 0.3 is 5.82 Å². The lowest BCUT2D eigenvalue weighted by Crippen LogP contribution is -2.37. The van der Waals surface area contributed by atoms with Gasteiger partial charge in [-0.1, -0.05) is 30.3 Å². The summed E-state index contributed by atoms with van der Waals surface area (Å²) >= 11 is 3.23. The fourth-order valence-corrected chi connectivity index (χ4v) is 4.41. The number of nitrogens with zero attached hydrogens (tertiary/aromatic N) is 4. The Bertz CT molecular complexity index is 1070. The molecule has 0 bridgehead atoms. The molecule has 4 rings (SSSR count).